The predicted molar refractivity (Wildman–Crippen MR) is 73.6 cm³/mol. The third-order valence-electron chi connectivity index (χ3n) is 2.54. The zero-order chi connectivity index (χ0) is 15.6. The predicted octanol–water partition coefficient (Wildman–Crippen LogP) is 4.30. The van der Waals surface area contributed by atoms with Crippen LogP contribution in [0.3, 0.4) is 0 Å². The Morgan fingerprint density at radius 1 is 1.29 bits per heavy atom. The number of carboxylic acid groups (broad SMARTS) is 1. The largest absolute Gasteiger partial charge is 0.478 e. The molecule has 21 heavy (non-hydrogen) atoms. The fourth-order valence-electron chi connectivity index (χ4n) is 1.61. The van der Waals surface area contributed by atoms with Gasteiger partial charge in [0, 0.05) is 16.4 Å². The van der Waals surface area contributed by atoms with Gasteiger partial charge in [-0.05, 0) is 40.2 Å². The molecule has 0 saturated heterocycles. The van der Waals surface area contributed by atoms with Crippen LogP contribution >= 0.6 is 15.9 Å². The Labute approximate surface area is 125 Å². The Morgan fingerprint density at radius 2 is 2.00 bits per heavy atom. The third kappa shape index (κ3) is 3.72. The maximum Gasteiger partial charge on any atom is 0.416 e. The van der Waals surface area contributed by atoms with Crippen LogP contribution in [0.2, 0.25) is 0 Å². The van der Waals surface area contributed by atoms with Crippen molar-refractivity contribution in [2.75, 3.05) is 5.32 Å². The molecule has 0 atom stereocenters. The number of hydrogen-bond acceptors (Lipinski definition) is 3. The van der Waals surface area contributed by atoms with Gasteiger partial charge in [-0.25, -0.2) is 9.78 Å². The SMILES string of the molecule is O=C(O)c1cc(Br)cnc1Nc1cccc(C(F)(F)F)c1. The van der Waals surface area contributed by atoms with Crippen molar-refractivity contribution in [1.29, 1.82) is 0 Å². The first-order valence-electron chi connectivity index (χ1n) is 5.60. The number of halogens is 4. The molecule has 0 aliphatic heterocycles. The molecule has 8 heteroatoms. The first kappa shape index (κ1) is 15.3. The monoisotopic (exact) mass is 360 g/mol. The minimum absolute atomic E-state index is 0.0370. The lowest BCUT2D eigenvalue weighted by Gasteiger charge is -2.11. The molecular formula is C13H8BrF3N2O2. The molecule has 1 aromatic carbocycles. The van der Waals surface area contributed by atoms with E-state index >= 15 is 0 Å². The molecule has 0 aliphatic carbocycles. The fourth-order valence-corrected chi connectivity index (χ4v) is 1.94. The van der Waals surface area contributed by atoms with Gasteiger partial charge in [-0.3, -0.25) is 0 Å². The maximum atomic E-state index is 12.6. The smallest absolute Gasteiger partial charge is 0.416 e. The van der Waals surface area contributed by atoms with Crippen LogP contribution in [-0.4, -0.2) is 16.1 Å². The maximum absolute atomic E-state index is 12.6. The van der Waals surface area contributed by atoms with Crippen molar-refractivity contribution in [3.8, 4) is 0 Å². The minimum Gasteiger partial charge on any atom is -0.478 e. The number of nitrogens with zero attached hydrogens (tertiary/aromatic N) is 1. The Hall–Kier alpha value is -2.09. The molecule has 2 aromatic rings. The van der Waals surface area contributed by atoms with E-state index in [1.54, 1.807) is 0 Å². The Balaban J connectivity index is 2.37. The van der Waals surface area contributed by atoms with E-state index in [9.17, 15) is 18.0 Å². The lowest BCUT2D eigenvalue weighted by atomic mass is 10.2. The van der Waals surface area contributed by atoms with Crippen molar-refractivity contribution in [1.82, 2.24) is 4.98 Å². The van der Waals surface area contributed by atoms with Crippen LogP contribution in [0.25, 0.3) is 0 Å². The highest BCUT2D eigenvalue weighted by molar-refractivity contribution is 9.10. The fraction of sp³-hybridized carbons (Fsp3) is 0.0769. The number of carboxylic acids is 1. The van der Waals surface area contributed by atoms with Gasteiger partial charge in [0.05, 0.1) is 5.56 Å². The van der Waals surface area contributed by atoms with Crippen molar-refractivity contribution >= 4 is 33.4 Å². The highest BCUT2D eigenvalue weighted by atomic mass is 79.9. The Kier molecular flexibility index (Phi) is 4.17. The molecule has 110 valence electrons. The average molecular weight is 361 g/mol. The van der Waals surface area contributed by atoms with Gasteiger partial charge >= 0.3 is 12.1 Å². The molecule has 1 heterocycles. The van der Waals surface area contributed by atoms with Gasteiger partial charge in [-0.1, -0.05) is 6.07 Å². The number of benzene rings is 1. The molecule has 2 rings (SSSR count). The van der Waals surface area contributed by atoms with Gasteiger partial charge in [-0.2, -0.15) is 13.2 Å². The van der Waals surface area contributed by atoms with E-state index in [-0.39, 0.29) is 17.1 Å². The molecule has 0 saturated carbocycles. The molecule has 0 aliphatic rings. The number of hydrogen-bond donors (Lipinski definition) is 2. The normalized spacial score (nSPS) is 11.2. The van der Waals surface area contributed by atoms with Crippen LogP contribution in [0.1, 0.15) is 15.9 Å². The number of nitrogens with one attached hydrogen (secondary N) is 1. The third-order valence-corrected chi connectivity index (χ3v) is 2.97. The molecule has 0 fully saturated rings. The van der Waals surface area contributed by atoms with E-state index in [0.717, 1.165) is 12.1 Å². The van der Waals surface area contributed by atoms with Gasteiger partial charge in [-0.15, -0.1) is 0 Å². The number of aromatic nitrogens is 1. The molecule has 2 N–H and O–H groups in total. The van der Waals surface area contributed by atoms with Crippen LogP contribution in [0.4, 0.5) is 24.7 Å². The van der Waals surface area contributed by atoms with Gasteiger partial charge in [0.25, 0.3) is 0 Å². The summed E-state index contributed by atoms with van der Waals surface area (Å²) in [5, 5.41) is 11.7. The van der Waals surface area contributed by atoms with Gasteiger partial charge in [0.1, 0.15) is 11.4 Å². The number of anilines is 2. The topological polar surface area (TPSA) is 62.2 Å². The summed E-state index contributed by atoms with van der Waals surface area (Å²) in [6.07, 6.45) is -3.12. The summed E-state index contributed by atoms with van der Waals surface area (Å²) < 4.78 is 38.3. The minimum atomic E-state index is -4.47. The molecule has 0 unspecified atom stereocenters. The second-order valence-corrected chi connectivity index (χ2v) is 4.97. The quantitative estimate of drug-likeness (QED) is 0.856. The van der Waals surface area contributed by atoms with Crippen molar-refractivity contribution in [3.63, 3.8) is 0 Å². The van der Waals surface area contributed by atoms with Gasteiger partial charge in [0.15, 0.2) is 0 Å². The van der Waals surface area contributed by atoms with E-state index < -0.39 is 17.7 Å². The van der Waals surface area contributed by atoms with E-state index in [1.807, 2.05) is 0 Å². The van der Waals surface area contributed by atoms with Crippen LogP contribution in [0, 0.1) is 0 Å². The molecule has 0 radical (unpaired) electrons. The second kappa shape index (κ2) is 5.72. The van der Waals surface area contributed by atoms with Crippen LogP contribution < -0.4 is 5.32 Å². The highest BCUT2D eigenvalue weighted by Crippen LogP contribution is 2.31. The highest BCUT2D eigenvalue weighted by Gasteiger charge is 2.30. The summed E-state index contributed by atoms with van der Waals surface area (Å²) in [5.74, 6) is -1.27. The zero-order valence-electron chi connectivity index (χ0n) is 10.3. The average Bonchev–Trinajstić information content (AvgIpc) is 2.40. The summed E-state index contributed by atoms with van der Waals surface area (Å²) in [7, 11) is 0. The number of carbonyl (C=O) groups is 1. The lowest BCUT2D eigenvalue weighted by Crippen LogP contribution is -2.07. The van der Waals surface area contributed by atoms with Crippen LogP contribution in [0.5, 0.6) is 0 Å². The molecule has 4 nitrogen and oxygen atoms in total. The molecular weight excluding hydrogens is 353 g/mol. The standard InChI is InChI=1S/C13H8BrF3N2O2/c14-8-5-10(12(20)21)11(18-6-8)19-9-3-1-2-7(4-9)13(15,16)17/h1-6H,(H,18,19)(H,20,21). The Bertz CT molecular complexity index is 689. The van der Waals surface area contributed by atoms with Gasteiger partial charge in [0.2, 0.25) is 0 Å². The summed E-state index contributed by atoms with van der Waals surface area (Å²) in [4.78, 5) is 15.0. The Morgan fingerprint density at radius 3 is 2.62 bits per heavy atom. The summed E-state index contributed by atoms with van der Waals surface area (Å²) in [6.45, 7) is 0. The number of rotatable bonds is 3. The molecule has 1 aromatic heterocycles. The van der Waals surface area contributed by atoms with Crippen molar-refractivity contribution in [3.05, 3.63) is 52.1 Å². The number of alkyl halides is 3. The van der Waals surface area contributed by atoms with Crippen LogP contribution in [0.15, 0.2) is 41.0 Å². The number of aromatic carboxylic acids is 1. The molecule has 0 bridgehead atoms. The molecule has 0 spiro atoms. The van der Waals surface area contributed by atoms with Crippen LogP contribution in [-0.2, 0) is 6.18 Å². The van der Waals surface area contributed by atoms with Gasteiger partial charge < -0.3 is 10.4 Å². The molecule has 0 amide bonds. The summed E-state index contributed by atoms with van der Waals surface area (Å²) in [6, 6.07) is 5.74. The summed E-state index contributed by atoms with van der Waals surface area (Å²) >= 11 is 3.09. The van der Waals surface area contributed by atoms with Crippen molar-refractivity contribution in [2.24, 2.45) is 0 Å². The number of pyridine rings is 1. The van der Waals surface area contributed by atoms with E-state index in [0.29, 0.717) is 4.47 Å². The lowest BCUT2D eigenvalue weighted by molar-refractivity contribution is -0.137. The first-order valence-corrected chi connectivity index (χ1v) is 6.40. The zero-order valence-corrected chi connectivity index (χ0v) is 11.9. The van der Waals surface area contributed by atoms with Crippen molar-refractivity contribution in [2.45, 2.75) is 6.18 Å². The van der Waals surface area contributed by atoms with E-state index in [1.165, 1.54) is 24.4 Å². The first-order chi connectivity index (χ1) is 9.77. The van der Waals surface area contributed by atoms with E-state index in [4.69, 9.17) is 5.11 Å². The van der Waals surface area contributed by atoms with Crippen molar-refractivity contribution < 1.29 is 23.1 Å². The van der Waals surface area contributed by atoms with E-state index in [2.05, 4.69) is 26.2 Å². The summed E-state index contributed by atoms with van der Waals surface area (Å²) in [5.41, 5.74) is -0.884. The second-order valence-electron chi connectivity index (χ2n) is 4.06.